The smallest absolute Gasteiger partial charge is 0.335 e. The zero-order valence-electron chi connectivity index (χ0n) is 15.3. The molecule has 144 valence electrons. The third-order valence-electron chi connectivity index (χ3n) is 4.84. The lowest BCUT2D eigenvalue weighted by Gasteiger charge is -2.26. The summed E-state index contributed by atoms with van der Waals surface area (Å²) in [5.41, 5.74) is 0.175. The molecule has 4 amide bonds. The maximum absolute atomic E-state index is 12.8. The Morgan fingerprint density at radius 3 is 2.39 bits per heavy atom. The number of rotatable bonds is 3. The highest BCUT2D eigenvalue weighted by Crippen LogP contribution is 2.25. The van der Waals surface area contributed by atoms with Crippen molar-refractivity contribution in [2.45, 2.75) is 25.7 Å². The number of urea groups is 1. The van der Waals surface area contributed by atoms with E-state index in [1.54, 1.807) is 6.07 Å². The third-order valence-corrected chi connectivity index (χ3v) is 4.84. The van der Waals surface area contributed by atoms with Crippen LogP contribution in [0.5, 0.6) is 0 Å². The maximum Gasteiger partial charge on any atom is 0.335 e. The minimum Gasteiger partial charge on any atom is -0.441 e. The molecule has 0 saturated carbocycles. The average Bonchev–Trinajstić information content (AvgIpc) is 2.98. The number of pyridine rings is 1. The average molecular weight is 380 g/mol. The number of imide groups is 2. The minimum atomic E-state index is -0.789. The molecule has 2 aliphatic heterocycles. The van der Waals surface area contributed by atoms with Gasteiger partial charge < -0.3 is 9.32 Å². The summed E-state index contributed by atoms with van der Waals surface area (Å²) in [4.78, 5) is 44.2. The number of nitrogens with zero attached hydrogens (tertiary/aromatic N) is 3. The number of carbonyl (C=O) groups is 3. The zero-order chi connectivity index (χ0) is 19.5. The molecule has 0 bridgehead atoms. The molecule has 4 heterocycles. The van der Waals surface area contributed by atoms with Gasteiger partial charge in [-0.05, 0) is 37.1 Å². The quantitative estimate of drug-likeness (QED) is 0.650. The second-order valence-electron chi connectivity index (χ2n) is 6.74. The molecule has 0 radical (unpaired) electrons. The monoisotopic (exact) mass is 380 g/mol. The highest BCUT2D eigenvalue weighted by Gasteiger charge is 2.37. The van der Waals surface area contributed by atoms with Gasteiger partial charge in [-0.1, -0.05) is 12.8 Å². The van der Waals surface area contributed by atoms with Crippen LogP contribution in [0.25, 0.3) is 6.08 Å². The molecule has 2 aliphatic rings. The van der Waals surface area contributed by atoms with Gasteiger partial charge in [-0.2, -0.15) is 0 Å². The van der Waals surface area contributed by atoms with E-state index in [9.17, 15) is 14.4 Å². The van der Waals surface area contributed by atoms with Crippen molar-refractivity contribution < 1.29 is 18.8 Å². The van der Waals surface area contributed by atoms with Crippen LogP contribution in [0.4, 0.5) is 16.4 Å². The molecule has 2 aromatic rings. The van der Waals surface area contributed by atoms with Gasteiger partial charge in [0, 0.05) is 31.5 Å². The van der Waals surface area contributed by atoms with Crippen LogP contribution in [0.15, 0.2) is 46.6 Å². The standard InChI is InChI=1S/C20H20N4O4/c25-18-16(19(26)24(20(27)22-18)14-7-9-21-10-8-14)13-15-5-6-17(28-15)23-11-3-1-2-4-12-23/h5-10,13H,1-4,11-12H2,(H,22,25,27)/b16-13+. The number of amides is 4. The normalized spacial score (nSPS) is 19.7. The number of carbonyl (C=O) groups excluding carboxylic acids is 3. The molecule has 0 unspecified atom stereocenters. The van der Waals surface area contributed by atoms with E-state index in [4.69, 9.17) is 4.42 Å². The number of barbiturate groups is 1. The van der Waals surface area contributed by atoms with Crippen LogP contribution in [0.3, 0.4) is 0 Å². The Labute approximate surface area is 161 Å². The molecule has 28 heavy (non-hydrogen) atoms. The summed E-state index contributed by atoms with van der Waals surface area (Å²) >= 11 is 0. The molecular formula is C20H20N4O4. The first-order valence-corrected chi connectivity index (χ1v) is 9.30. The van der Waals surface area contributed by atoms with E-state index in [0.717, 1.165) is 36.7 Å². The largest absolute Gasteiger partial charge is 0.441 e. The van der Waals surface area contributed by atoms with Gasteiger partial charge in [0.05, 0.1) is 5.69 Å². The highest BCUT2D eigenvalue weighted by molar-refractivity contribution is 6.39. The summed E-state index contributed by atoms with van der Waals surface area (Å²) in [6, 6.07) is 5.82. The lowest BCUT2D eigenvalue weighted by molar-refractivity contribution is -0.122. The molecule has 2 aromatic heterocycles. The lowest BCUT2D eigenvalue weighted by Crippen LogP contribution is -2.54. The van der Waals surface area contributed by atoms with Crippen molar-refractivity contribution in [2.24, 2.45) is 0 Å². The predicted octanol–water partition coefficient (Wildman–Crippen LogP) is 2.72. The molecule has 2 fully saturated rings. The Kier molecular flexibility index (Phi) is 4.92. The van der Waals surface area contributed by atoms with Gasteiger partial charge in [0.15, 0.2) is 5.88 Å². The molecule has 8 heteroatoms. The Bertz CT molecular complexity index is 927. The van der Waals surface area contributed by atoms with Gasteiger partial charge >= 0.3 is 6.03 Å². The van der Waals surface area contributed by atoms with Crippen LogP contribution in [0, 0.1) is 0 Å². The van der Waals surface area contributed by atoms with Gasteiger partial charge in [0.25, 0.3) is 11.8 Å². The molecule has 0 spiro atoms. The molecule has 4 rings (SSSR count). The van der Waals surface area contributed by atoms with Crippen LogP contribution in [-0.2, 0) is 9.59 Å². The molecule has 1 N–H and O–H groups in total. The first-order valence-electron chi connectivity index (χ1n) is 9.30. The number of hydrogen-bond donors (Lipinski definition) is 1. The van der Waals surface area contributed by atoms with Gasteiger partial charge in [-0.15, -0.1) is 0 Å². The van der Waals surface area contributed by atoms with E-state index in [0.29, 0.717) is 11.4 Å². The third kappa shape index (κ3) is 3.53. The summed E-state index contributed by atoms with van der Waals surface area (Å²) in [6.45, 7) is 1.85. The van der Waals surface area contributed by atoms with Crippen molar-refractivity contribution in [2.75, 3.05) is 22.9 Å². The van der Waals surface area contributed by atoms with Crippen molar-refractivity contribution in [1.82, 2.24) is 10.3 Å². The highest BCUT2D eigenvalue weighted by atomic mass is 16.4. The van der Waals surface area contributed by atoms with Gasteiger partial charge in [0.2, 0.25) is 0 Å². The molecule has 0 atom stereocenters. The number of aromatic nitrogens is 1. The van der Waals surface area contributed by atoms with Crippen molar-refractivity contribution in [3.8, 4) is 0 Å². The van der Waals surface area contributed by atoms with Crippen LogP contribution in [-0.4, -0.2) is 35.9 Å². The van der Waals surface area contributed by atoms with Gasteiger partial charge in [0.1, 0.15) is 11.3 Å². The van der Waals surface area contributed by atoms with Crippen LogP contribution in [0.2, 0.25) is 0 Å². The number of furan rings is 1. The van der Waals surface area contributed by atoms with Crippen LogP contribution >= 0.6 is 0 Å². The molecule has 2 saturated heterocycles. The minimum absolute atomic E-state index is 0.159. The predicted molar refractivity (Wildman–Crippen MR) is 103 cm³/mol. The first kappa shape index (κ1) is 18.0. The zero-order valence-corrected chi connectivity index (χ0v) is 15.3. The van der Waals surface area contributed by atoms with E-state index in [-0.39, 0.29) is 5.57 Å². The van der Waals surface area contributed by atoms with E-state index in [1.165, 1.54) is 43.4 Å². The number of anilines is 2. The Morgan fingerprint density at radius 2 is 1.68 bits per heavy atom. The summed E-state index contributed by atoms with van der Waals surface area (Å²) < 4.78 is 5.85. The first-order chi connectivity index (χ1) is 13.6. The lowest BCUT2D eigenvalue weighted by atomic mass is 10.1. The van der Waals surface area contributed by atoms with E-state index >= 15 is 0 Å². The van der Waals surface area contributed by atoms with Crippen LogP contribution in [0.1, 0.15) is 31.4 Å². The van der Waals surface area contributed by atoms with Crippen molar-refractivity contribution in [1.29, 1.82) is 0 Å². The molecule has 8 nitrogen and oxygen atoms in total. The summed E-state index contributed by atoms with van der Waals surface area (Å²) in [7, 11) is 0. The Morgan fingerprint density at radius 1 is 0.964 bits per heavy atom. The van der Waals surface area contributed by atoms with E-state index in [1.807, 2.05) is 6.07 Å². The Hall–Kier alpha value is -3.42. The maximum atomic E-state index is 12.8. The van der Waals surface area contributed by atoms with E-state index in [2.05, 4.69) is 15.2 Å². The Balaban J connectivity index is 1.60. The van der Waals surface area contributed by atoms with Crippen LogP contribution < -0.4 is 15.1 Å². The van der Waals surface area contributed by atoms with Crippen molar-refractivity contribution >= 4 is 35.5 Å². The second kappa shape index (κ2) is 7.67. The topological polar surface area (TPSA) is 95.8 Å². The number of hydrogen-bond acceptors (Lipinski definition) is 6. The molecule has 0 aromatic carbocycles. The summed E-state index contributed by atoms with van der Waals surface area (Å²) in [6.07, 6.45) is 8.95. The van der Waals surface area contributed by atoms with Gasteiger partial charge in [-0.25, -0.2) is 9.69 Å². The van der Waals surface area contributed by atoms with E-state index < -0.39 is 17.8 Å². The number of nitrogens with one attached hydrogen (secondary N) is 1. The fourth-order valence-corrected chi connectivity index (χ4v) is 3.41. The molecule has 0 aliphatic carbocycles. The van der Waals surface area contributed by atoms with Crippen molar-refractivity contribution in [3.63, 3.8) is 0 Å². The fourth-order valence-electron chi connectivity index (χ4n) is 3.41. The SMILES string of the molecule is O=C1NC(=O)N(c2ccncc2)C(=O)/C1=C/c1ccc(N2CCCCCC2)o1. The summed E-state index contributed by atoms with van der Waals surface area (Å²) in [5, 5.41) is 2.19. The van der Waals surface area contributed by atoms with Crippen molar-refractivity contribution in [3.05, 3.63) is 48.0 Å². The summed E-state index contributed by atoms with van der Waals surface area (Å²) in [5.74, 6) is -0.332. The second-order valence-corrected chi connectivity index (χ2v) is 6.74. The van der Waals surface area contributed by atoms with Gasteiger partial charge in [-0.3, -0.25) is 19.9 Å². The molecular weight excluding hydrogens is 360 g/mol. The fraction of sp³-hybridized carbons (Fsp3) is 0.300.